The van der Waals surface area contributed by atoms with Crippen molar-refractivity contribution in [3.63, 3.8) is 0 Å². The highest BCUT2D eigenvalue weighted by Crippen LogP contribution is 2.13. The third kappa shape index (κ3) is 1.84. The van der Waals surface area contributed by atoms with Gasteiger partial charge in [0.05, 0.1) is 5.56 Å². The molecule has 1 N–H and O–H groups in total. The zero-order valence-corrected chi connectivity index (χ0v) is 7.15. The maximum atomic E-state index is 11.3. The van der Waals surface area contributed by atoms with Crippen LogP contribution in [0.3, 0.4) is 0 Å². The molecule has 64 valence electrons. The van der Waals surface area contributed by atoms with Crippen LogP contribution in [0.15, 0.2) is 6.20 Å². The first-order valence-electron chi connectivity index (χ1n) is 4.30. The van der Waals surface area contributed by atoms with Gasteiger partial charge in [0.1, 0.15) is 5.15 Å². The Bertz CT molecular complexity index is 396. The Labute approximate surface area is 83.1 Å². The van der Waals surface area contributed by atoms with Gasteiger partial charge in [-0.2, -0.15) is 0 Å². The predicted octanol–water partition coefficient (Wildman–Crippen LogP) is 1.14. The van der Waals surface area contributed by atoms with E-state index in [0.29, 0.717) is 0 Å². The van der Waals surface area contributed by atoms with Crippen molar-refractivity contribution in [2.24, 2.45) is 0 Å². The lowest BCUT2D eigenvalue weighted by Crippen LogP contribution is -2.18. The number of halogens is 2. The van der Waals surface area contributed by atoms with Crippen LogP contribution in [-0.4, -0.2) is 22.9 Å². The SMILES string of the molecule is [2H]C([2H])([2H])NC(=O)c1cnc(Cl)nc1Cl. The first-order chi connectivity index (χ1) is 6.79. The molecule has 0 aromatic carbocycles. The molecular formula is C6H5Cl2N3O. The molecule has 1 aromatic heterocycles. The second-order valence-corrected chi connectivity index (χ2v) is 2.49. The van der Waals surface area contributed by atoms with Crippen LogP contribution in [-0.2, 0) is 0 Å². The summed E-state index contributed by atoms with van der Waals surface area (Å²) in [4.78, 5) is 18.3. The molecule has 1 heterocycles. The molecule has 1 aromatic rings. The normalized spacial score (nSPS) is 14.3. The summed E-state index contributed by atoms with van der Waals surface area (Å²) in [6, 6.07) is 0. The van der Waals surface area contributed by atoms with Gasteiger partial charge < -0.3 is 5.32 Å². The highest BCUT2D eigenvalue weighted by molar-refractivity contribution is 6.34. The molecule has 1 rings (SSSR count). The zero-order chi connectivity index (χ0) is 11.6. The van der Waals surface area contributed by atoms with E-state index in [-0.39, 0.29) is 16.0 Å². The average molecular weight is 209 g/mol. The van der Waals surface area contributed by atoms with Crippen molar-refractivity contribution in [2.75, 3.05) is 6.98 Å². The average Bonchev–Trinajstić information content (AvgIpc) is 1.99. The fourth-order valence-corrected chi connectivity index (χ4v) is 0.952. The number of aromatic nitrogens is 2. The van der Waals surface area contributed by atoms with Crippen LogP contribution in [0.5, 0.6) is 0 Å². The molecular weight excluding hydrogens is 201 g/mol. The second-order valence-electron chi connectivity index (χ2n) is 1.80. The first-order valence-corrected chi connectivity index (χ1v) is 3.56. The van der Waals surface area contributed by atoms with Gasteiger partial charge in [0.25, 0.3) is 5.91 Å². The van der Waals surface area contributed by atoms with Gasteiger partial charge in [0.15, 0.2) is 0 Å². The quantitative estimate of drug-likeness (QED) is 0.557. The summed E-state index contributed by atoms with van der Waals surface area (Å²) in [6.45, 7) is -2.58. The van der Waals surface area contributed by atoms with Crippen LogP contribution in [0.2, 0.25) is 10.4 Å². The zero-order valence-electron chi connectivity index (χ0n) is 8.64. The Kier molecular flexibility index (Phi) is 1.76. The molecule has 0 atom stereocenters. The van der Waals surface area contributed by atoms with Crippen LogP contribution >= 0.6 is 23.2 Å². The van der Waals surface area contributed by atoms with Gasteiger partial charge in [-0.1, -0.05) is 11.6 Å². The van der Waals surface area contributed by atoms with E-state index in [4.69, 9.17) is 27.3 Å². The van der Waals surface area contributed by atoms with E-state index in [1.807, 2.05) is 0 Å². The van der Waals surface area contributed by atoms with Gasteiger partial charge in [0.2, 0.25) is 5.28 Å². The van der Waals surface area contributed by atoms with Crippen LogP contribution in [0, 0.1) is 0 Å². The molecule has 0 saturated heterocycles. The summed E-state index contributed by atoms with van der Waals surface area (Å²) in [5, 5.41) is 1.43. The van der Waals surface area contributed by atoms with Crippen molar-refractivity contribution in [1.29, 1.82) is 0 Å². The molecule has 0 aliphatic rings. The van der Waals surface area contributed by atoms with Crippen LogP contribution < -0.4 is 5.32 Å². The van der Waals surface area contributed by atoms with Crippen molar-refractivity contribution in [3.8, 4) is 0 Å². The van der Waals surface area contributed by atoms with Crippen molar-refractivity contribution in [2.45, 2.75) is 0 Å². The molecule has 6 heteroatoms. The molecule has 0 fully saturated rings. The number of carbonyl (C=O) groups is 1. The van der Waals surface area contributed by atoms with Gasteiger partial charge >= 0.3 is 0 Å². The van der Waals surface area contributed by atoms with E-state index in [9.17, 15) is 4.79 Å². The summed E-state index contributed by atoms with van der Waals surface area (Å²) in [7, 11) is 0. The van der Waals surface area contributed by atoms with E-state index in [0.717, 1.165) is 6.20 Å². The van der Waals surface area contributed by atoms with Gasteiger partial charge in [0, 0.05) is 17.3 Å². The smallest absolute Gasteiger partial charge is 0.255 e. The van der Waals surface area contributed by atoms with Gasteiger partial charge in [-0.3, -0.25) is 4.79 Å². The molecule has 0 spiro atoms. The summed E-state index contributed by atoms with van der Waals surface area (Å²) in [5.74, 6) is -0.878. The molecule has 0 unspecified atom stereocenters. The summed E-state index contributed by atoms with van der Waals surface area (Å²) in [5.41, 5.74) is -0.141. The molecule has 0 bridgehead atoms. The molecule has 1 amide bonds. The summed E-state index contributed by atoms with van der Waals surface area (Å²) < 4.78 is 20.4. The van der Waals surface area contributed by atoms with E-state index < -0.39 is 12.9 Å². The third-order valence-electron chi connectivity index (χ3n) is 1.07. The van der Waals surface area contributed by atoms with Crippen molar-refractivity contribution < 1.29 is 8.91 Å². The Morgan fingerprint density at radius 1 is 1.75 bits per heavy atom. The van der Waals surface area contributed by atoms with Gasteiger partial charge in [-0.15, -0.1) is 0 Å². The Hall–Kier alpha value is -0.870. The Morgan fingerprint density at radius 3 is 3.08 bits per heavy atom. The fourth-order valence-electron chi connectivity index (χ4n) is 0.561. The van der Waals surface area contributed by atoms with Crippen molar-refractivity contribution in [3.05, 3.63) is 22.2 Å². The molecule has 12 heavy (non-hydrogen) atoms. The minimum Gasteiger partial charge on any atom is -0.355 e. The number of amides is 1. The second kappa shape index (κ2) is 3.69. The van der Waals surface area contributed by atoms with Crippen LogP contribution in [0.25, 0.3) is 0 Å². The van der Waals surface area contributed by atoms with Crippen LogP contribution in [0.4, 0.5) is 0 Å². The summed E-state index contributed by atoms with van der Waals surface area (Å²) in [6.07, 6.45) is 1.05. The van der Waals surface area contributed by atoms with Gasteiger partial charge in [-0.05, 0) is 11.6 Å². The number of nitrogens with zero attached hydrogens (tertiary/aromatic N) is 2. The van der Waals surface area contributed by atoms with E-state index in [2.05, 4.69) is 9.97 Å². The lowest BCUT2D eigenvalue weighted by atomic mass is 10.3. The maximum absolute atomic E-state index is 11.3. The predicted molar refractivity (Wildman–Crippen MR) is 45.4 cm³/mol. The lowest BCUT2D eigenvalue weighted by Gasteiger charge is -1.99. The minimum atomic E-state index is -2.58. The molecule has 0 aliphatic heterocycles. The molecule has 0 aliphatic carbocycles. The maximum Gasteiger partial charge on any atom is 0.255 e. The monoisotopic (exact) mass is 208 g/mol. The number of rotatable bonds is 1. The lowest BCUT2D eigenvalue weighted by molar-refractivity contribution is 0.0962. The highest BCUT2D eigenvalue weighted by Gasteiger charge is 2.10. The van der Waals surface area contributed by atoms with E-state index in [1.165, 1.54) is 0 Å². The van der Waals surface area contributed by atoms with E-state index in [1.54, 1.807) is 5.32 Å². The first kappa shape index (κ1) is 5.72. The van der Waals surface area contributed by atoms with Crippen LogP contribution in [0.1, 0.15) is 14.5 Å². The van der Waals surface area contributed by atoms with Gasteiger partial charge in [-0.25, -0.2) is 9.97 Å². The number of hydrogen-bond donors (Lipinski definition) is 1. The fraction of sp³-hybridized carbons (Fsp3) is 0.167. The Morgan fingerprint density at radius 2 is 2.50 bits per heavy atom. The van der Waals surface area contributed by atoms with Crippen molar-refractivity contribution in [1.82, 2.24) is 15.3 Å². The number of carbonyl (C=O) groups excluding carboxylic acids is 1. The number of hydrogen-bond acceptors (Lipinski definition) is 3. The standard InChI is InChI=1S/C6H5Cl2N3O/c1-9-5(12)3-2-10-6(8)11-4(3)7/h2H,1H3,(H,9,12)/i1D3. The molecule has 0 radical (unpaired) electrons. The largest absolute Gasteiger partial charge is 0.355 e. The topological polar surface area (TPSA) is 54.9 Å². The molecule has 4 nitrogen and oxygen atoms in total. The minimum absolute atomic E-state index is 0.120. The number of nitrogens with one attached hydrogen (secondary N) is 1. The van der Waals surface area contributed by atoms with Crippen molar-refractivity contribution >= 4 is 29.1 Å². The Balaban J connectivity index is 2.92. The van der Waals surface area contributed by atoms with E-state index >= 15 is 0 Å². The molecule has 0 saturated carbocycles. The highest BCUT2D eigenvalue weighted by atomic mass is 35.5. The third-order valence-corrected chi connectivity index (χ3v) is 1.54. The summed E-state index contributed by atoms with van der Waals surface area (Å²) >= 11 is 11.0.